The third-order valence-corrected chi connectivity index (χ3v) is 7.47. The summed E-state index contributed by atoms with van der Waals surface area (Å²) in [4.78, 5) is 7.66. The highest BCUT2D eigenvalue weighted by Gasteiger charge is 2.34. The molecule has 0 aliphatic carbocycles. The zero-order valence-corrected chi connectivity index (χ0v) is 18.1. The molecular weight excluding hydrogens is 426 g/mol. The van der Waals surface area contributed by atoms with Crippen molar-refractivity contribution in [1.82, 2.24) is 24.1 Å². The second-order valence-corrected chi connectivity index (χ2v) is 10.8. The van der Waals surface area contributed by atoms with Crippen LogP contribution in [0.3, 0.4) is 0 Å². The fourth-order valence-electron chi connectivity index (χ4n) is 3.19. The number of anilines is 1. The Balaban J connectivity index is 2.06. The highest BCUT2D eigenvalue weighted by molar-refractivity contribution is 7.92. The summed E-state index contributed by atoms with van der Waals surface area (Å²) < 4.78 is 57.1. The van der Waals surface area contributed by atoms with Crippen molar-refractivity contribution in [2.24, 2.45) is 7.05 Å². The van der Waals surface area contributed by atoms with Gasteiger partial charge in [-0.1, -0.05) is 0 Å². The number of pyridine rings is 2. The van der Waals surface area contributed by atoms with E-state index in [0.717, 1.165) is 6.07 Å². The third-order valence-electron chi connectivity index (χ3n) is 4.95. The number of hydrogen-bond donors (Lipinski definition) is 1. The second kappa shape index (κ2) is 6.84. The largest absolute Gasteiger partial charge is 0.381 e. The molecule has 0 aliphatic heterocycles. The van der Waals surface area contributed by atoms with Crippen LogP contribution in [0, 0.1) is 11.8 Å². The SMILES string of the molecule is Cn1cc(-c2cc3ncc(-c4cc(F)c(N)nc4F)n3cc2S(=O)(=O)C(C)(C)C)cn1. The Labute approximate surface area is 177 Å². The zero-order chi connectivity index (χ0) is 22.7. The van der Waals surface area contributed by atoms with Gasteiger partial charge < -0.3 is 5.73 Å². The third kappa shape index (κ3) is 3.34. The number of sulfone groups is 1. The van der Waals surface area contributed by atoms with Crippen molar-refractivity contribution in [1.29, 1.82) is 0 Å². The zero-order valence-electron chi connectivity index (χ0n) is 17.3. The van der Waals surface area contributed by atoms with E-state index in [1.54, 1.807) is 51.0 Å². The van der Waals surface area contributed by atoms with E-state index in [4.69, 9.17) is 5.73 Å². The smallest absolute Gasteiger partial charge is 0.224 e. The van der Waals surface area contributed by atoms with Gasteiger partial charge >= 0.3 is 0 Å². The van der Waals surface area contributed by atoms with Crippen LogP contribution in [0.5, 0.6) is 0 Å². The van der Waals surface area contributed by atoms with E-state index in [-0.39, 0.29) is 16.2 Å². The molecule has 4 rings (SSSR count). The number of aromatic nitrogens is 5. The van der Waals surface area contributed by atoms with Gasteiger partial charge in [0.15, 0.2) is 21.5 Å². The van der Waals surface area contributed by atoms with Crippen LogP contribution in [0.1, 0.15) is 20.8 Å². The maximum atomic E-state index is 14.5. The molecule has 0 unspecified atom stereocenters. The van der Waals surface area contributed by atoms with Crippen LogP contribution in [-0.4, -0.2) is 37.3 Å². The van der Waals surface area contributed by atoms with Crippen LogP contribution in [0.25, 0.3) is 28.0 Å². The molecule has 0 aliphatic rings. The van der Waals surface area contributed by atoms with Crippen LogP contribution < -0.4 is 5.73 Å². The summed E-state index contributed by atoms with van der Waals surface area (Å²) in [6, 6.07) is 2.49. The summed E-state index contributed by atoms with van der Waals surface area (Å²) in [7, 11) is -2.11. The Hall–Kier alpha value is -3.34. The van der Waals surface area contributed by atoms with Crippen LogP contribution in [0.4, 0.5) is 14.6 Å². The van der Waals surface area contributed by atoms with E-state index in [2.05, 4.69) is 15.1 Å². The van der Waals surface area contributed by atoms with Crippen molar-refractivity contribution in [3.05, 3.63) is 48.7 Å². The van der Waals surface area contributed by atoms with Gasteiger partial charge in [-0.15, -0.1) is 0 Å². The van der Waals surface area contributed by atoms with Crippen molar-refractivity contribution in [2.75, 3.05) is 5.73 Å². The molecule has 11 heteroatoms. The van der Waals surface area contributed by atoms with Crippen molar-refractivity contribution < 1.29 is 17.2 Å². The fraction of sp³-hybridized carbons (Fsp3) is 0.250. The number of imidazole rings is 1. The number of nitrogens with zero attached hydrogens (tertiary/aromatic N) is 5. The number of hydrogen-bond acceptors (Lipinski definition) is 6. The molecule has 0 atom stereocenters. The molecule has 0 saturated carbocycles. The van der Waals surface area contributed by atoms with Crippen LogP contribution in [0.15, 0.2) is 41.8 Å². The van der Waals surface area contributed by atoms with E-state index >= 15 is 0 Å². The first-order chi connectivity index (χ1) is 14.4. The number of nitrogens with two attached hydrogens (primary N) is 1. The summed E-state index contributed by atoms with van der Waals surface area (Å²) in [5, 5.41) is 4.12. The predicted octanol–water partition coefficient (Wildman–Crippen LogP) is 3.23. The summed E-state index contributed by atoms with van der Waals surface area (Å²) in [6.45, 7) is 4.77. The molecule has 0 radical (unpaired) electrons. The number of rotatable bonds is 3. The van der Waals surface area contributed by atoms with Crippen LogP contribution in [0.2, 0.25) is 0 Å². The van der Waals surface area contributed by atoms with Crippen molar-refractivity contribution in [3.63, 3.8) is 0 Å². The summed E-state index contributed by atoms with van der Waals surface area (Å²) >= 11 is 0. The standard InChI is InChI=1S/C20H20F2N6O2S/c1-20(2,3)31(29,30)16-10-28-15(13-5-14(21)19(23)26-18(13)22)8-24-17(28)6-12(16)11-7-25-27(4)9-11/h5-10H,1-4H3,(H2,23,26). The highest BCUT2D eigenvalue weighted by atomic mass is 32.2. The molecule has 0 amide bonds. The van der Waals surface area contributed by atoms with Gasteiger partial charge in [-0.3, -0.25) is 9.08 Å². The fourth-order valence-corrected chi connectivity index (χ4v) is 4.56. The first-order valence-electron chi connectivity index (χ1n) is 9.27. The molecule has 0 fully saturated rings. The number of aryl methyl sites for hydroxylation is 1. The van der Waals surface area contributed by atoms with Gasteiger partial charge in [-0.25, -0.2) is 17.8 Å². The van der Waals surface area contributed by atoms with Gasteiger partial charge in [-0.05, 0) is 32.9 Å². The average molecular weight is 446 g/mol. The normalized spacial score (nSPS) is 12.6. The van der Waals surface area contributed by atoms with Gasteiger partial charge in [0.1, 0.15) is 5.65 Å². The van der Waals surface area contributed by atoms with Gasteiger partial charge in [0.05, 0.1) is 33.3 Å². The van der Waals surface area contributed by atoms with Crippen molar-refractivity contribution in [2.45, 2.75) is 30.4 Å². The van der Waals surface area contributed by atoms with Gasteiger partial charge in [0, 0.05) is 30.6 Å². The van der Waals surface area contributed by atoms with E-state index in [1.807, 2.05) is 0 Å². The lowest BCUT2D eigenvalue weighted by atomic mass is 10.1. The first kappa shape index (κ1) is 20.9. The minimum Gasteiger partial charge on any atom is -0.381 e. The lowest BCUT2D eigenvalue weighted by molar-refractivity contribution is 0.560. The molecule has 31 heavy (non-hydrogen) atoms. The number of halogens is 2. The molecule has 0 spiro atoms. The Morgan fingerprint density at radius 1 is 1.06 bits per heavy atom. The molecule has 4 aromatic rings. The van der Waals surface area contributed by atoms with Gasteiger partial charge in [0.25, 0.3) is 0 Å². The Morgan fingerprint density at radius 3 is 2.39 bits per heavy atom. The maximum absolute atomic E-state index is 14.5. The molecule has 0 aromatic carbocycles. The van der Waals surface area contributed by atoms with E-state index in [0.29, 0.717) is 16.8 Å². The van der Waals surface area contributed by atoms with Gasteiger partial charge in [-0.2, -0.15) is 14.5 Å². The molecule has 0 saturated heterocycles. The number of fused-ring (bicyclic) bond motifs is 1. The second-order valence-electron chi connectivity index (χ2n) is 8.14. The maximum Gasteiger partial charge on any atom is 0.224 e. The van der Waals surface area contributed by atoms with E-state index in [1.165, 1.54) is 16.8 Å². The molecule has 0 bridgehead atoms. The van der Waals surface area contributed by atoms with Crippen molar-refractivity contribution in [3.8, 4) is 22.4 Å². The molecule has 8 nitrogen and oxygen atoms in total. The minimum absolute atomic E-state index is 0.0176. The quantitative estimate of drug-likeness (QED) is 0.484. The summed E-state index contributed by atoms with van der Waals surface area (Å²) in [5.74, 6) is -2.44. The molecular formula is C20H20F2N6O2S. The highest BCUT2D eigenvalue weighted by Crippen LogP contribution is 2.36. The van der Waals surface area contributed by atoms with Crippen molar-refractivity contribution >= 4 is 21.3 Å². The lowest BCUT2D eigenvalue weighted by Gasteiger charge is -2.21. The van der Waals surface area contributed by atoms with E-state index < -0.39 is 32.2 Å². The minimum atomic E-state index is -3.83. The first-order valence-corrected chi connectivity index (χ1v) is 10.7. The van der Waals surface area contributed by atoms with Crippen LogP contribution in [-0.2, 0) is 16.9 Å². The Bertz CT molecular complexity index is 1430. The Kier molecular flexibility index (Phi) is 4.61. The number of nitrogen functional groups attached to an aromatic ring is 1. The monoisotopic (exact) mass is 446 g/mol. The Morgan fingerprint density at radius 2 is 1.77 bits per heavy atom. The molecule has 2 N–H and O–H groups in total. The summed E-state index contributed by atoms with van der Waals surface area (Å²) in [5.41, 5.74) is 6.63. The average Bonchev–Trinajstić information content (AvgIpc) is 3.28. The van der Waals surface area contributed by atoms with Crippen LogP contribution >= 0.6 is 0 Å². The summed E-state index contributed by atoms with van der Waals surface area (Å²) in [6.07, 6.45) is 5.94. The lowest BCUT2D eigenvalue weighted by Crippen LogP contribution is -2.28. The van der Waals surface area contributed by atoms with Gasteiger partial charge in [0.2, 0.25) is 5.95 Å². The predicted molar refractivity (Wildman–Crippen MR) is 112 cm³/mol. The molecule has 162 valence electrons. The topological polar surface area (TPSA) is 108 Å². The molecule has 4 aromatic heterocycles. The van der Waals surface area contributed by atoms with E-state index in [9.17, 15) is 17.2 Å². The molecule has 4 heterocycles.